The van der Waals surface area contributed by atoms with Crippen molar-refractivity contribution in [1.29, 1.82) is 0 Å². The van der Waals surface area contributed by atoms with Crippen LogP contribution in [0.15, 0.2) is 34.0 Å². The van der Waals surface area contributed by atoms with Gasteiger partial charge in [-0.2, -0.15) is 0 Å². The highest BCUT2D eigenvalue weighted by atomic mass is 32.1. The molecule has 1 saturated heterocycles. The Bertz CT molecular complexity index is 663. The number of aryl methyl sites for hydroxylation is 1. The molecule has 0 aromatic carbocycles. The molecule has 3 heterocycles. The largest absolute Gasteiger partial charge is 0.469 e. The normalized spacial score (nSPS) is 17.6. The van der Waals surface area contributed by atoms with E-state index in [9.17, 15) is 0 Å². The third kappa shape index (κ3) is 6.14. The first kappa shape index (κ1) is 18.9. The molecular weight excluding hydrogens is 348 g/mol. The van der Waals surface area contributed by atoms with E-state index in [-0.39, 0.29) is 0 Å². The van der Waals surface area contributed by atoms with Crippen molar-refractivity contribution < 1.29 is 9.15 Å². The summed E-state index contributed by atoms with van der Waals surface area (Å²) < 4.78 is 10.8. The maximum Gasteiger partial charge on any atom is 0.191 e. The van der Waals surface area contributed by atoms with Crippen LogP contribution in [0.2, 0.25) is 0 Å². The molecule has 1 atom stereocenters. The Hall–Kier alpha value is -1.86. The number of thiazole rings is 1. The highest BCUT2D eigenvalue weighted by Crippen LogP contribution is 2.13. The van der Waals surface area contributed by atoms with Gasteiger partial charge in [-0.3, -0.25) is 4.99 Å². The van der Waals surface area contributed by atoms with E-state index in [4.69, 9.17) is 14.1 Å². The van der Waals surface area contributed by atoms with E-state index in [0.717, 1.165) is 70.3 Å². The Balaban J connectivity index is 1.46. The number of furan rings is 1. The van der Waals surface area contributed by atoms with E-state index < -0.39 is 0 Å². The number of nitrogens with one attached hydrogen (secondary N) is 2. The summed E-state index contributed by atoms with van der Waals surface area (Å²) in [7, 11) is 0. The first-order valence-electron chi connectivity index (χ1n) is 9.39. The summed E-state index contributed by atoms with van der Waals surface area (Å²) in [5, 5.41) is 8.01. The van der Waals surface area contributed by atoms with Crippen molar-refractivity contribution in [2.75, 3.05) is 32.8 Å². The SMILES string of the molecule is CCc1cnc(CCNC(=NCC2CCOC2)NCCc2ccco2)s1. The number of rotatable bonds is 9. The second-order valence-electron chi connectivity index (χ2n) is 6.43. The Kier molecular flexibility index (Phi) is 7.51. The van der Waals surface area contributed by atoms with Crippen LogP contribution in [0.1, 0.15) is 29.0 Å². The average Bonchev–Trinajstić information content (AvgIpc) is 3.41. The zero-order valence-corrected chi connectivity index (χ0v) is 16.2. The number of ether oxygens (including phenoxy) is 1. The topological polar surface area (TPSA) is 71.7 Å². The molecule has 0 amide bonds. The molecule has 3 rings (SSSR count). The molecule has 1 unspecified atom stereocenters. The van der Waals surface area contributed by atoms with Crippen molar-refractivity contribution in [2.45, 2.75) is 32.6 Å². The Morgan fingerprint density at radius 3 is 2.92 bits per heavy atom. The van der Waals surface area contributed by atoms with Crippen LogP contribution in [0.4, 0.5) is 0 Å². The molecule has 6 nitrogen and oxygen atoms in total. The monoisotopic (exact) mass is 376 g/mol. The lowest BCUT2D eigenvalue weighted by Crippen LogP contribution is -2.39. The number of hydrogen-bond acceptors (Lipinski definition) is 5. The van der Waals surface area contributed by atoms with Crippen LogP contribution < -0.4 is 10.6 Å². The molecule has 26 heavy (non-hydrogen) atoms. The fourth-order valence-corrected chi connectivity index (χ4v) is 3.66. The summed E-state index contributed by atoms with van der Waals surface area (Å²) in [4.78, 5) is 10.6. The predicted molar refractivity (Wildman–Crippen MR) is 105 cm³/mol. The second-order valence-corrected chi connectivity index (χ2v) is 7.63. The summed E-state index contributed by atoms with van der Waals surface area (Å²) >= 11 is 1.79. The van der Waals surface area contributed by atoms with Gasteiger partial charge in [-0.1, -0.05) is 6.92 Å². The highest BCUT2D eigenvalue weighted by molar-refractivity contribution is 7.11. The minimum absolute atomic E-state index is 0.532. The van der Waals surface area contributed by atoms with Crippen LogP contribution in [0, 0.1) is 5.92 Å². The number of aromatic nitrogens is 1. The third-order valence-electron chi connectivity index (χ3n) is 4.36. The number of guanidine groups is 1. The van der Waals surface area contributed by atoms with E-state index in [0.29, 0.717) is 5.92 Å². The molecule has 2 aromatic heterocycles. The molecule has 2 N–H and O–H groups in total. The van der Waals surface area contributed by atoms with Crippen LogP contribution in [0.5, 0.6) is 0 Å². The Labute approximate surface area is 159 Å². The average molecular weight is 377 g/mol. The summed E-state index contributed by atoms with van der Waals surface area (Å²) in [6, 6.07) is 3.91. The molecule has 0 saturated carbocycles. The number of aliphatic imine (C=N–C) groups is 1. The van der Waals surface area contributed by atoms with E-state index in [1.54, 1.807) is 17.6 Å². The van der Waals surface area contributed by atoms with Gasteiger partial charge in [-0.25, -0.2) is 4.98 Å². The van der Waals surface area contributed by atoms with E-state index in [1.165, 1.54) is 9.88 Å². The number of hydrogen-bond donors (Lipinski definition) is 2. The quantitative estimate of drug-likeness (QED) is 0.520. The van der Waals surface area contributed by atoms with Gasteiger partial charge in [0.25, 0.3) is 0 Å². The molecule has 0 radical (unpaired) electrons. The van der Waals surface area contributed by atoms with Gasteiger partial charge in [0.15, 0.2) is 5.96 Å². The van der Waals surface area contributed by atoms with Gasteiger partial charge in [-0.05, 0) is 25.0 Å². The summed E-state index contributed by atoms with van der Waals surface area (Å²) in [6.07, 6.45) is 7.60. The van der Waals surface area contributed by atoms with Gasteiger partial charge in [-0.15, -0.1) is 11.3 Å². The van der Waals surface area contributed by atoms with Crippen LogP contribution >= 0.6 is 11.3 Å². The lowest BCUT2D eigenvalue weighted by Gasteiger charge is -2.13. The fourth-order valence-electron chi connectivity index (χ4n) is 2.80. The third-order valence-corrected chi connectivity index (χ3v) is 5.56. The summed E-state index contributed by atoms with van der Waals surface area (Å²) in [5.41, 5.74) is 0. The van der Waals surface area contributed by atoms with Crippen molar-refractivity contribution in [3.63, 3.8) is 0 Å². The minimum atomic E-state index is 0.532. The highest BCUT2D eigenvalue weighted by Gasteiger charge is 2.15. The maximum atomic E-state index is 5.44. The molecular formula is C19H28N4O2S. The van der Waals surface area contributed by atoms with Gasteiger partial charge in [0.1, 0.15) is 5.76 Å². The summed E-state index contributed by atoms with van der Waals surface area (Å²) in [6.45, 7) is 6.26. The van der Waals surface area contributed by atoms with Gasteiger partial charge >= 0.3 is 0 Å². The van der Waals surface area contributed by atoms with E-state index in [1.807, 2.05) is 18.3 Å². The molecule has 1 fully saturated rings. The first-order valence-corrected chi connectivity index (χ1v) is 10.2. The zero-order valence-electron chi connectivity index (χ0n) is 15.4. The van der Waals surface area contributed by atoms with Gasteiger partial charge in [0, 0.05) is 56.1 Å². The van der Waals surface area contributed by atoms with Gasteiger partial charge < -0.3 is 19.8 Å². The van der Waals surface area contributed by atoms with Crippen molar-refractivity contribution in [3.05, 3.63) is 40.2 Å². The maximum absolute atomic E-state index is 5.44. The second kappa shape index (κ2) is 10.3. The van der Waals surface area contributed by atoms with E-state index >= 15 is 0 Å². The van der Waals surface area contributed by atoms with Crippen molar-refractivity contribution in [2.24, 2.45) is 10.9 Å². The zero-order chi connectivity index (χ0) is 18.0. The number of nitrogens with zero attached hydrogens (tertiary/aromatic N) is 2. The standard InChI is InChI=1S/C19H28N4O2S/c1-2-17-13-22-18(26-17)6-9-21-19(23-12-15-7-11-24-14-15)20-8-5-16-4-3-10-25-16/h3-4,10,13,15H,2,5-9,11-12,14H2,1H3,(H2,20,21,23). The van der Waals surface area contributed by atoms with Crippen LogP contribution in [-0.4, -0.2) is 43.8 Å². The summed E-state index contributed by atoms with van der Waals surface area (Å²) in [5.74, 6) is 2.37. The van der Waals surface area contributed by atoms with Crippen molar-refractivity contribution in [3.8, 4) is 0 Å². The van der Waals surface area contributed by atoms with Crippen LogP contribution in [0.25, 0.3) is 0 Å². The lowest BCUT2D eigenvalue weighted by atomic mass is 10.1. The fraction of sp³-hybridized carbons (Fsp3) is 0.579. The van der Waals surface area contributed by atoms with Gasteiger partial charge in [0.05, 0.1) is 17.9 Å². The lowest BCUT2D eigenvalue weighted by molar-refractivity contribution is 0.187. The molecule has 0 aliphatic carbocycles. The molecule has 1 aliphatic heterocycles. The Morgan fingerprint density at radius 1 is 1.35 bits per heavy atom. The Morgan fingerprint density at radius 2 is 2.23 bits per heavy atom. The van der Waals surface area contributed by atoms with Crippen molar-refractivity contribution in [1.82, 2.24) is 15.6 Å². The molecule has 0 bridgehead atoms. The van der Waals surface area contributed by atoms with E-state index in [2.05, 4.69) is 22.5 Å². The molecule has 1 aliphatic rings. The molecule has 142 valence electrons. The molecule has 2 aromatic rings. The van der Waals surface area contributed by atoms with Crippen LogP contribution in [0.3, 0.4) is 0 Å². The van der Waals surface area contributed by atoms with Crippen LogP contribution in [-0.2, 0) is 24.0 Å². The van der Waals surface area contributed by atoms with Gasteiger partial charge in [0.2, 0.25) is 0 Å². The first-order chi connectivity index (χ1) is 12.8. The predicted octanol–water partition coefficient (Wildman–Crippen LogP) is 2.66. The minimum Gasteiger partial charge on any atom is -0.469 e. The molecule has 7 heteroatoms. The van der Waals surface area contributed by atoms with Crippen molar-refractivity contribution >= 4 is 17.3 Å². The smallest absolute Gasteiger partial charge is 0.191 e. The molecule has 0 spiro atoms.